The lowest BCUT2D eigenvalue weighted by molar-refractivity contribution is 0.243. The van der Waals surface area contributed by atoms with Crippen LogP contribution in [0.4, 0.5) is 4.79 Å². The van der Waals surface area contributed by atoms with Gasteiger partial charge in [-0.25, -0.2) is 14.8 Å². The normalized spacial score (nSPS) is 19.7. The highest BCUT2D eigenvalue weighted by molar-refractivity contribution is 7.10. The molecule has 2 unspecified atom stereocenters. The molecule has 3 aromatic rings. The van der Waals surface area contributed by atoms with Gasteiger partial charge in [0, 0.05) is 16.7 Å². The van der Waals surface area contributed by atoms with Gasteiger partial charge in [-0.15, -0.1) is 11.3 Å². The highest BCUT2D eigenvalue weighted by Gasteiger charge is 2.35. The molecule has 0 aliphatic carbocycles. The number of phenols is 1. The van der Waals surface area contributed by atoms with Crippen LogP contribution in [0.2, 0.25) is 0 Å². The van der Waals surface area contributed by atoms with Crippen LogP contribution < -0.4 is 5.32 Å². The van der Waals surface area contributed by atoms with Gasteiger partial charge in [-0.3, -0.25) is 0 Å². The molecule has 0 spiro atoms. The zero-order valence-electron chi connectivity index (χ0n) is 14.1. The molecule has 0 saturated heterocycles. The summed E-state index contributed by atoms with van der Waals surface area (Å²) in [6.07, 6.45) is 0. The van der Waals surface area contributed by atoms with E-state index in [1.54, 1.807) is 29.5 Å². The van der Waals surface area contributed by atoms with E-state index < -0.39 is 0 Å². The van der Waals surface area contributed by atoms with Crippen molar-refractivity contribution in [2.24, 2.45) is 4.99 Å². The quantitative estimate of drug-likeness (QED) is 0.718. The first-order valence-electron chi connectivity index (χ1n) is 8.27. The Morgan fingerprint density at radius 1 is 1.12 bits per heavy atom. The van der Waals surface area contributed by atoms with Crippen LogP contribution >= 0.6 is 11.3 Å². The Morgan fingerprint density at radius 2 is 1.92 bits per heavy atom. The number of aromatic hydroxyl groups is 1. The Bertz CT molecular complexity index is 981. The molecule has 0 saturated carbocycles. The third-order valence-electron chi connectivity index (χ3n) is 4.43. The Balaban J connectivity index is 1.75. The summed E-state index contributed by atoms with van der Waals surface area (Å²) in [6, 6.07) is 16.2. The summed E-state index contributed by atoms with van der Waals surface area (Å²) in [4.78, 5) is 20.9. The number of carbonyl (C=O) groups excluding carboxylic acids is 1. The molecular weight excluding hydrogens is 346 g/mol. The summed E-state index contributed by atoms with van der Waals surface area (Å²) in [5.41, 5.74) is 3.51. The molecular formula is C20H17N3O2S. The van der Waals surface area contributed by atoms with E-state index in [9.17, 15) is 9.90 Å². The first kappa shape index (κ1) is 16.5. The molecule has 4 rings (SSSR count). The first-order valence-corrected chi connectivity index (χ1v) is 9.15. The molecule has 6 heteroatoms. The zero-order valence-corrected chi connectivity index (χ0v) is 14.9. The van der Waals surface area contributed by atoms with E-state index in [1.165, 1.54) is 0 Å². The van der Waals surface area contributed by atoms with E-state index in [1.807, 2.05) is 48.7 Å². The van der Waals surface area contributed by atoms with Gasteiger partial charge in [0.05, 0.1) is 17.7 Å². The number of rotatable bonds is 3. The maximum absolute atomic E-state index is 12.0. The number of aliphatic imine (C=N–C) groups is 1. The van der Waals surface area contributed by atoms with E-state index in [-0.39, 0.29) is 23.7 Å². The van der Waals surface area contributed by atoms with Gasteiger partial charge < -0.3 is 10.4 Å². The van der Waals surface area contributed by atoms with Gasteiger partial charge in [-0.2, -0.15) is 0 Å². The molecule has 2 N–H and O–H groups in total. The number of aromatic nitrogens is 1. The summed E-state index contributed by atoms with van der Waals surface area (Å²) < 4.78 is 0. The maximum Gasteiger partial charge on any atom is 0.341 e. The second kappa shape index (κ2) is 6.72. The van der Waals surface area contributed by atoms with Crippen LogP contribution in [-0.2, 0) is 0 Å². The summed E-state index contributed by atoms with van der Waals surface area (Å²) in [7, 11) is 0. The molecule has 0 radical (unpaired) electrons. The number of phenolic OH excluding ortho intramolecular Hbond substituents is 1. The lowest BCUT2D eigenvalue weighted by Gasteiger charge is -2.30. The predicted molar refractivity (Wildman–Crippen MR) is 103 cm³/mol. The van der Waals surface area contributed by atoms with Crippen molar-refractivity contribution >= 4 is 23.1 Å². The van der Waals surface area contributed by atoms with Gasteiger partial charge >= 0.3 is 6.03 Å². The molecule has 1 aliphatic heterocycles. The molecule has 1 aliphatic rings. The smallest absolute Gasteiger partial charge is 0.341 e. The van der Waals surface area contributed by atoms with Crippen LogP contribution in [0.3, 0.4) is 0 Å². The number of hydrogen-bond acceptors (Lipinski definition) is 4. The Morgan fingerprint density at radius 3 is 2.69 bits per heavy atom. The van der Waals surface area contributed by atoms with Crippen LogP contribution in [0, 0.1) is 0 Å². The minimum atomic E-state index is -0.369. The largest absolute Gasteiger partial charge is 0.508 e. The third kappa shape index (κ3) is 3.11. The molecule has 0 fully saturated rings. The van der Waals surface area contributed by atoms with Crippen molar-refractivity contribution in [3.8, 4) is 17.0 Å². The fraction of sp³-hybridized carbons (Fsp3) is 0.150. The first-order chi connectivity index (χ1) is 12.6. The lowest BCUT2D eigenvalue weighted by Crippen LogP contribution is -2.38. The minimum absolute atomic E-state index is 0.166. The number of hydrogen-bond donors (Lipinski definition) is 2. The topological polar surface area (TPSA) is 74.6 Å². The van der Waals surface area contributed by atoms with Crippen LogP contribution in [0.15, 0.2) is 65.0 Å². The summed E-state index contributed by atoms with van der Waals surface area (Å²) >= 11 is 1.55. The monoisotopic (exact) mass is 363 g/mol. The van der Waals surface area contributed by atoms with Crippen molar-refractivity contribution < 1.29 is 9.90 Å². The lowest BCUT2D eigenvalue weighted by atomic mass is 9.88. The van der Waals surface area contributed by atoms with E-state index in [4.69, 9.17) is 4.98 Å². The molecule has 2 atom stereocenters. The molecule has 2 aromatic carbocycles. The van der Waals surface area contributed by atoms with Gasteiger partial charge in [-0.1, -0.05) is 42.5 Å². The van der Waals surface area contributed by atoms with Crippen molar-refractivity contribution in [2.45, 2.75) is 18.9 Å². The van der Waals surface area contributed by atoms with Crippen LogP contribution in [0.5, 0.6) is 5.75 Å². The molecule has 1 aromatic heterocycles. The molecule has 2 amide bonds. The van der Waals surface area contributed by atoms with E-state index >= 15 is 0 Å². The Hall–Kier alpha value is -2.99. The Labute approximate surface area is 155 Å². The van der Waals surface area contributed by atoms with Gasteiger partial charge in [0.1, 0.15) is 10.8 Å². The molecule has 26 heavy (non-hydrogen) atoms. The SMILES string of the molecule is CC1=NC(=O)NC(c2cccc(O)c2)C1c1nc(-c2ccccc2)cs1. The van der Waals surface area contributed by atoms with Crippen molar-refractivity contribution in [3.63, 3.8) is 0 Å². The maximum atomic E-state index is 12.0. The van der Waals surface area contributed by atoms with E-state index in [0.29, 0.717) is 0 Å². The van der Waals surface area contributed by atoms with Crippen LogP contribution in [0.25, 0.3) is 11.3 Å². The average Bonchev–Trinajstić information content (AvgIpc) is 3.11. The number of thiazole rings is 1. The average molecular weight is 363 g/mol. The predicted octanol–water partition coefficient (Wildman–Crippen LogP) is 4.52. The standard InChI is InChI=1S/C20H17N3O2S/c1-12-17(19-22-16(11-26-19)13-6-3-2-4-7-13)18(23-20(25)21-12)14-8-5-9-15(24)10-14/h2-11,17-18,24H,1H3,(H,23,25). The zero-order chi connectivity index (χ0) is 18.1. The van der Waals surface area contributed by atoms with Crippen molar-refractivity contribution in [3.05, 3.63) is 70.5 Å². The van der Waals surface area contributed by atoms with Crippen molar-refractivity contribution in [1.82, 2.24) is 10.3 Å². The third-order valence-corrected chi connectivity index (χ3v) is 5.36. The number of urea groups is 1. The van der Waals surface area contributed by atoms with Crippen LogP contribution in [-0.4, -0.2) is 21.8 Å². The summed E-state index contributed by atoms with van der Waals surface area (Å²) in [5.74, 6) is -0.00302. The highest BCUT2D eigenvalue weighted by Crippen LogP contribution is 2.38. The molecule has 130 valence electrons. The number of nitrogens with one attached hydrogen (secondary N) is 1. The van der Waals surface area contributed by atoms with Gasteiger partial charge in [0.25, 0.3) is 0 Å². The highest BCUT2D eigenvalue weighted by atomic mass is 32.1. The number of benzene rings is 2. The van der Waals surface area contributed by atoms with Crippen molar-refractivity contribution in [1.29, 1.82) is 0 Å². The second-order valence-corrected chi connectivity index (χ2v) is 7.08. The summed E-state index contributed by atoms with van der Waals surface area (Å²) in [6.45, 7) is 1.85. The summed E-state index contributed by atoms with van der Waals surface area (Å²) in [5, 5.41) is 15.7. The number of carbonyl (C=O) groups is 1. The van der Waals surface area contributed by atoms with Gasteiger partial charge in [0.2, 0.25) is 0 Å². The van der Waals surface area contributed by atoms with E-state index in [2.05, 4.69) is 10.3 Å². The van der Waals surface area contributed by atoms with Gasteiger partial charge in [0.15, 0.2) is 0 Å². The fourth-order valence-electron chi connectivity index (χ4n) is 3.21. The minimum Gasteiger partial charge on any atom is -0.508 e. The van der Waals surface area contributed by atoms with Crippen LogP contribution in [0.1, 0.15) is 29.5 Å². The molecule has 2 heterocycles. The Kier molecular flexibility index (Phi) is 4.26. The second-order valence-electron chi connectivity index (χ2n) is 6.19. The van der Waals surface area contributed by atoms with Crippen molar-refractivity contribution in [2.75, 3.05) is 0 Å². The van der Waals surface area contributed by atoms with E-state index in [0.717, 1.165) is 27.5 Å². The number of nitrogens with zero attached hydrogens (tertiary/aromatic N) is 2. The van der Waals surface area contributed by atoms with Gasteiger partial charge in [-0.05, 0) is 24.6 Å². The molecule has 5 nitrogen and oxygen atoms in total. The fourth-order valence-corrected chi connectivity index (χ4v) is 4.23. The number of amides is 2. The molecule has 0 bridgehead atoms.